The molecule has 0 unspecified atom stereocenters. The van der Waals surface area contributed by atoms with Crippen molar-refractivity contribution in [1.82, 2.24) is 9.27 Å². The normalized spacial score (nSPS) is 16.4. The van der Waals surface area contributed by atoms with Gasteiger partial charge < -0.3 is 4.74 Å². The summed E-state index contributed by atoms with van der Waals surface area (Å²) >= 11 is 0. The molecule has 12 rings (SSSR count). The highest BCUT2D eigenvalue weighted by Gasteiger charge is 2.52. The zero-order chi connectivity index (χ0) is 39.9. The van der Waals surface area contributed by atoms with Crippen molar-refractivity contribution in [2.45, 2.75) is 90.9 Å². The van der Waals surface area contributed by atoms with Gasteiger partial charge in [0, 0.05) is 11.4 Å². The maximum atomic E-state index is 15.6. The Morgan fingerprint density at radius 3 is 1.53 bits per heavy atom. The molecule has 2 bridgehead atoms. The molecule has 1 aromatic heterocycles. The van der Waals surface area contributed by atoms with E-state index in [1.807, 2.05) is 0 Å². The lowest BCUT2D eigenvalue weighted by atomic mass is 9.49. The van der Waals surface area contributed by atoms with Crippen molar-refractivity contribution in [3.8, 4) is 39.4 Å². The van der Waals surface area contributed by atoms with Crippen LogP contribution >= 0.6 is 0 Å². The number of fused-ring (bicyclic) bond motifs is 5. The molecule has 286 valence electrons. The number of rotatable bonds is 6. The summed E-state index contributed by atoms with van der Waals surface area (Å²) in [5.41, 5.74) is 20.6. The van der Waals surface area contributed by atoms with Crippen molar-refractivity contribution in [1.29, 1.82) is 0 Å². The number of ether oxygens (including phenoxy) is 1. The van der Waals surface area contributed by atoms with Crippen molar-refractivity contribution in [2.75, 3.05) is 0 Å². The number of hydrogen-bond donors (Lipinski definition) is 0. The monoisotopic (exact) mass is 756 g/mol. The molecule has 3 aliphatic carbocycles. The van der Waals surface area contributed by atoms with Crippen molar-refractivity contribution < 1.29 is 4.74 Å². The number of benzene rings is 6. The molecule has 5 heteroatoms. The van der Waals surface area contributed by atoms with Crippen molar-refractivity contribution in [3.63, 3.8) is 0 Å². The van der Waals surface area contributed by atoms with Crippen molar-refractivity contribution >= 4 is 17.8 Å². The van der Waals surface area contributed by atoms with E-state index in [0.29, 0.717) is 23.7 Å². The molecular weight excluding hydrogens is 707 g/mol. The van der Waals surface area contributed by atoms with Crippen LogP contribution in [0.5, 0.6) is 11.5 Å². The first kappa shape index (κ1) is 35.4. The summed E-state index contributed by atoms with van der Waals surface area (Å²) in [6.45, 7) is 17.9. The topological polar surface area (TPSA) is 36.2 Å². The summed E-state index contributed by atoms with van der Waals surface area (Å²) < 4.78 is 11.7. The largest absolute Gasteiger partial charge is 0.458 e. The quantitative estimate of drug-likeness (QED) is 0.158. The Labute approximate surface area is 342 Å². The van der Waals surface area contributed by atoms with Crippen LogP contribution < -0.4 is 21.2 Å². The van der Waals surface area contributed by atoms with Gasteiger partial charge in [0.15, 0.2) is 0 Å². The second-order valence-corrected chi connectivity index (χ2v) is 18.3. The maximum Gasteiger partial charge on any atom is 0.361 e. The van der Waals surface area contributed by atoms with E-state index in [-0.39, 0.29) is 24.2 Å². The van der Waals surface area contributed by atoms with E-state index in [1.165, 1.54) is 55.6 Å². The van der Waals surface area contributed by atoms with Crippen LogP contribution in [0.2, 0.25) is 0 Å². The first-order valence-electron chi connectivity index (χ1n) is 21.4. The van der Waals surface area contributed by atoms with Gasteiger partial charge in [-0.25, -0.2) is 0 Å². The third-order valence-corrected chi connectivity index (χ3v) is 13.7. The van der Waals surface area contributed by atoms with Gasteiger partial charge in [-0.2, -0.15) is 0 Å². The van der Waals surface area contributed by atoms with E-state index in [0.717, 1.165) is 50.5 Å². The van der Waals surface area contributed by atoms with Gasteiger partial charge in [-0.3, -0.25) is 14.1 Å². The smallest absolute Gasteiger partial charge is 0.361 e. The summed E-state index contributed by atoms with van der Waals surface area (Å²) in [5.74, 6) is 2.86. The molecule has 0 saturated carbocycles. The zero-order valence-corrected chi connectivity index (χ0v) is 34.7. The van der Waals surface area contributed by atoms with Crippen LogP contribution in [0.1, 0.15) is 147 Å². The minimum absolute atomic E-state index is 0.0558. The number of hydrogen-bond acceptors (Lipinski definition) is 2. The van der Waals surface area contributed by atoms with Gasteiger partial charge in [-0.15, -0.1) is 0 Å². The van der Waals surface area contributed by atoms with Crippen LogP contribution in [0.4, 0.5) is 0 Å². The van der Waals surface area contributed by atoms with Crippen LogP contribution in [0.25, 0.3) is 27.9 Å². The summed E-state index contributed by atoms with van der Waals surface area (Å²) in [6.07, 6.45) is 0. The Morgan fingerprint density at radius 1 is 0.534 bits per heavy atom. The lowest BCUT2D eigenvalue weighted by Crippen LogP contribution is -2.53. The summed E-state index contributed by atoms with van der Waals surface area (Å²) in [6, 6.07) is 42.6. The summed E-state index contributed by atoms with van der Waals surface area (Å²) in [4.78, 5) is 15.6. The lowest BCUT2D eigenvalue weighted by Gasteiger charge is -2.40. The molecule has 58 heavy (non-hydrogen) atoms. The lowest BCUT2D eigenvalue weighted by molar-refractivity contribution is 0.488. The fourth-order valence-electron chi connectivity index (χ4n) is 11.2. The molecule has 0 saturated heterocycles. The van der Waals surface area contributed by atoms with Crippen LogP contribution in [0.15, 0.2) is 120 Å². The number of nitrogens with zero attached hydrogens (tertiary/aromatic N) is 2. The third-order valence-electron chi connectivity index (χ3n) is 13.7. The molecule has 2 aliphatic heterocycles. The molecule has 6 aromatic carbocycles. The first-order valence-corrected chi connectivity index (χ1v) is 21.4. The van der Waals surface area contributed by atoms with Crippen molar-refractivity contribution in [2.24, 2.45) is 0 Å². The highest BCUT2D eigenvalue weighted by Crippen LogP contribution is 2.56. The minimum Gasteiger partial charge on any atom is -0.458 e. The molecule has 5 aliphatic rings. The number of aromatic nitrogens is 2. The summed E-state index contributed by atoms with van der Waals surface area (Å²) in [7, 11) is 0. The molecule has 7 aromatic rings. The van der Waals surface area contributed by atoms with Gasteiger partial charge in [0.2, 0.25) is 0 Å². The Kier molecular flexibility index (Phi) is 7.68. The standard InChI is InChI=1S/C53H49BN2O2/c1-28(2)34-19-13-20-35(29(3)4)46(34)32-23-24-42-44(26-32)58-45-27-33(47-36(30(5)6)21-14-22-37(47)31(7)8)25-43-51(45)54(42)56-53(57)50-48-38-15-9-11-17-40(38)49(52(50)55(43)56)41-18-12-10-16-39(41)48/h9-31,48-49H,1-8H3. The van der Waals surface area contributed by atoms with Crippen LogP contribution in [0.3, 0.4) is 0 Å². The SMILES string of the molecule is CC(C)c1cccc(C(C)C)c1-c1ccc2c(c1)Oc1cc(-c3c(C(C)C)cccc3C(C)C)cc3c1B2n1c(=O)c2c(n1-3)C1c3ccccc3C2c2ccccc21. The molecule has 4 nitrogen and oxygen atoms in total. The Hall–Kier alpha value is -5.81. The Morgan fingerprint density at radius 2 is 1.02 bits per heavy atom. The van der Waals surface area contributed by atoms with E-state index in [9.17, 15) is 0 Å². The Bertz CT molecular complexity index is 2840. The second-order valence-electron chi connectivity index (χ2n) is 18.3. The van der Waals surface area contributed by atoms with Crippen LogP contribution in [-0.2, 0) is 0 Å². The Balaban J connectivity index is 1.22. The molecule has 0 N–H and O–H groups in total. The second kappa shape index (κ2) is 12.6. The fraction of sp³-hybridized carbons (Fsp3) is 0.264. The average molecular weight is 757 g/mol. The van der Waals surface area contributed by atoms with Gasteiger partial charge in [0.05, 0.1) is 22.9 Å². The molecule has 0 fully saturated rings. The summed E-state index contributed by atoms with van der Waals surface area (Å²) in [5, 5.41) is 0. The minimum atomic E-state index is -0.324. The zero-order valence-electron chi connectivity index (χ0n) is 34.7. The molecule has 0 amide bonds. The first-order chi connectivity index (χ1) is 28.0. The van der Waals surface area contributed by atoms with E-state index in [1.54, 1.807) is 0 Å². The maximum absolute atomic E-state index is 15.6. The van der Waals surface area contributed by atoms with E-state index < -0.39 is 0 Å². The highest BCUT2D eigenvalue weighted by molar-refractivity contribution is 6.87. The van der Waals surface area contributed by atoms with Gasteiger partial charge >= 0.3 is 6.85 Å². The van der Waals surface area contributed by atoms with E-state index >= 15 is 4.79 Å². The van der Waals surface area contributed by atoms with Crippen LogP contribution in [0, 0.1) is 0 Å². The van der Waals surface area contributed by atoms with Gasteiger partial charge in [0.1, 0.15) is 11.5 Å². The predicted octanol–water partition coefficient (Wildman–Crippen LogP) is 11.5. The van der Waals surface area contributed by atoms with Crippen molar-refractivity contribution in [3.05, 3.63) is 181 Å². The predicted molar refractivity (Wildman–Crippen MR) is 239 cm³/mol. The van der Waals surface area contributed by atoms with Gasteiger partial charge in [-0.1, -0.05) is 152 Å². The molecule has 0 atom stereocenters. The van der Waals surface area contributed by atoms with Gasteiger partial charge in [0.25, 0.3) is 5.56 Å². The van der Waals surface area contributed by atoms with E-state index in [4.69, 9.17) is 4.74 Å². The fourth-order valence-corrected chi connectivity index (χ4v) is 11.2. The highest BCUT2D eigenvalue weighted by atomic mass is 16.5. The molecular formula is C53H49BN2O2. The van der Waals surface area contributed by atoms with E-state index in [2.05, 4.69) is 180 Å². The molecule has 0 spiro atoms. The van der Waals surface area contributed by atoms with Crippen LogP contribution in [-0.4, -0.2) is 16.1 Å². The molecule has 0 radical (unpaired) electrons. The van der Waals surface area contributed by atoms with Gasteiger partial charge in [-0.05, 0) is 114 Å². The average Bonchev–Trinajstić information content (AvgIpc) is 3.73. The molecule has 3 heterocycles. The third kappa shape index (κ3) is 4.68.